The van der Waals surface area contributed by atoms with Gasteiger partial charge in [0.1, 0.15) is 17.9 Å². The molecule has 166 valence electrons. The van der Waals surface area contributed by atoms with Gasteiger partial charge in [-0.05, 0) is 49.4 Å². The van der Waals surface area contributed by atoms with E-state index in [1.54, 1.807) is 12.0 Å². The molecule has 1 unspecified atom stereocenters. The first-order valence-electron chi connectivity index (χ1n) is 10.4. The summed E-state index contributed by atoms with van der Waals surface area (Å²) in [6.07, 6.45) is 2.04. The van der Waals surface area contributed by atoms with E-state index in [9.17, 15) is 24.5 Å². The lowest BCUT2D eigenvalue weighted by atomic mass is 10.1. The number of methoxy groups -OCH3 is 1. The standard InChI is InChI=1S/C23H23N3O6/c1-14(16-8-9-16)24(12-15-6-10-17(32-2)11-7-15)20(27)13-25-22(28)18-4-3-5-19(26(30)31)21(18)23(25)29/h3-7,10-11,14,16H,8-9,12-13H2,1-2H3. The Morgan fingerprint density at radius 1 is 1.19 bits per heavy atom. The van der Waals surface area contributed by atoms with E-state index in [0.717, 1.165) is 23.3 Å². The second kappa shape index (κ2) is 8.41. The maximum absolute atomic E-state index is 13.3. The Morgan fingerprint density at radius 3 is 2.47 bits per heavy atom. The zero-order chi connectivity index (χ0) is 23.0. The number of ether oxygens (including phenoxy) is 1. The van der Waals surface area contributed by atoms with E-state index >= 15 is 0 Å². The molecule has 0 bridgehead atoms. The van der Waals surface area contributed by atoms with Crippen LogP contribution in [-0.2, 0) is 11.3 Å². The van der Waals surface area contributed by atoms with Crippen molar-refractivity contribution in [3.05, 3.63) is 69.3 Å². The van der Waals surface area contributed by atoms with Gasteiger partial charge in [0.25, 0.3) is 17.5 Å². The summed E-state index contributed by atoms with van der Waals surface area (Å²) in [6.45, 7) is 1.83. The molecule has 0 radical (unpaired) electrons. The zero-order valence-electron chi connectivity index (χ0n) is 17.8. The van der Waals surface area contributed by atoms with E-state index in [4.69, 9.17) is 4.74 Å². The van der Waals surface area contributed by atoms with Gasteiger partial charge >= 0.3 is 0 Å². The van der Waals surface area contributed by atoms with Crippen molar-refractivity contribution in [1.29, 1.82) is 0 Å². The number of rotatable bonds is 8. The maximum atomic E-state index is 13.3. The Bertz CT molecular complexity index is 1090. The van der Waals surface area contributed by atoms with Gasteiger partial charge in [-0.15, -0.1) is 0 Å². The van der Waals surface area contributed by atoms with Crippen LogP contribution in [0.1, 0.15) is 46.0 Å². The van der Waals surface area contributed by atoms with Crippen molar-refractivity contribution in [1.82, 2.24) is 9.80 Å². The Labute approximate surface area is 184 Å². The Kier molecular flexibility index (Phi) is 5.65. The van der Waals surface area contributed by atoms with Crippen molar-refractivity contribution < 1.29 is 24.0 Å². The average molecular weight is 437 g/mol. The van der Waals surface area contributed by atoms with E-state index in [0.29, 0.717) is 18.2 Å². The summed E-state index contributed by atoms with van der Waals surface area (Å²) in [5.41, 5.74) is 0.156. The van der Waals surface area contributed by atoms with E-state index in [-0.39, 0.29) is 23.1 Å². The van der Waals surface area contributed by atoms with Gasteiger partial charge in [0, 0.05) is 18.7 Å². The molecule has 1 aliphatic heterocycles. The molecule has 9 nitrogen and oxygen atoms in total. The molecular weight excluding hydrogens is 414 g/mol. The summed E-state index contributed by atoms with van der Waals surface area (Å²) in [6, 6.07) is 11.2. The fourth-order valence-electron chi connectivity index (χ4n) is 4.06. The highest BCUT2D eigenvalue weighted by atomic mass is 16.6. The van der Waals surface area contributed by atoms with Crippen molar-refractivity contribution in [3.63, 3.8) is 0 Å². The fourth-order valence-corrected chi connectivity index (χ4v) is 4.06. The molecule has 1 aliphatic carbocycles. The summed E-state index contributed by atoms with van der Waals surface area (Å²) in [4.78, 5) is 52.0. The van der Waals surface area contributed by atoms with Gasteiger partial charge < -0.3 is 9.64 Å². The largest absolute Gasteiger partial charge is 0.497 e. The van der Waals surface area contributed by atoms with Gasteiger partial charge in [0.05, 0.1) is 17.6 Å². The number of hydrogen-bond acceptors (Lipinski definition) is 6. The van der Waals surface area contributed by atoms with E-state index in [2.05, 4.69) is 0 Å². The van der Waals surface area contributed by atoms with Crippen molar-refractivity contribution >= 4 is 23.4 Å². The average Bonchev–Trinajstić information content (AvgIpc) is 3.61. The smallest absolute Gasteiger partial charge is 0.282 e. The number of benzene rings is 2. The summed E-state index contributed by atoms with van der Waals surface area (Å²) >= 11 is 0. The molecule has 1 saturated carbocycles. The number of carbonyl (C=O) groups excluding carboxylic acids is 3. The van der Waals surface area contributed by atoms with Gasteiger partial charge in [0.2, 0.25) is 5.91 Å². The molecule has 1 fully saturated rings. The molecule has 1 heterocycles. The van der Waals surface area contributed by atoms with Crippen LogP contribution in [0, 0.1) is 16.0 Å². The highest BCUT2D eigenvalue weighted by Crippen LogP contribution is 2.36. The third-order valence-electron chi connectivity index (χ3n) is 6.10. The number of amides is 3. The van der Waals surface area contributed by atoms with Crippen molar-refractivity contribution in [2.24, 2.45) is 5.92 Å². The van der Waals surface area contributed by atoms with Gasteiger partial charge in [-0.25, -0.2) is 0 Å². The van der Waals surface area contributed by atoms with Crippen LogP contribution in [0.2, 0.25) is 0 Å². The van der Waals surface area contributed by atoms with Crippen LogP contribution in [0.5, 0.6) is 5.75 Å². The quantitative estimate of drug-likeness (QED) is 0.357. The minimum absolute atomic E-state index is 0.0473. The molecule has 0 aromatic heterocycles. The lowest BCUT2D eigenvalue weighted by Crippen LogP contribution is -2.46. The molecular formula is C23H23N3O6. The Morgan fingerprint density at radius 2 is 1.88 bits per heavy atom. The van der Waals surface area contributed by atoms with Crippen LogP contribution in [0.25, 0.3) is 0 Å². The highest BCUT2D eigenvalue weighted by Gasteiger charge is 2.43. The molecule has 2 aliphatic rings. The summed E-state index contributed by atoms with van der Waals surface area (Å²) in [5, 5.41) is 11.3. The van der Waals surface area contributed by atoms with Gasteiger partial charge in [-0.1, -0.05) is 18.2 Å². The van der Waals surface area contributed by atoms with Gasteiger partial charge in [-0.2, -0.15) is 0 Å². The molecule has 0 saturated heterocycles. The van der Waals surface area contributed by atoms with Crippen LogP contribution in [0.3, 0.4) is 0 Å². The molecule has 0 spiro atoms. The Balaban J connectivity index is 1.56. The molecule has 1 atom stereocenters. The van der Waals surface area contributed by atoms with E-state index in [1.807, 2.05) is 31.2 Å². The van der Waals surface area contributed by atoms with Crippen LogP contribution in [0.4, 0.5) is 5.69 Å². The summed E-state index contributed by atoms with van der Waals surface area (Å²) in [7, 11) is 1.58. The van der Waals surface area contributed by atoms with Crippen LogP contribution in [-0.4, -0.2) is 52.1 Å². The number of nitro benzene ring substituents is 1. The number of nitrogens with zero attached hydrogens (tertiary/aromatic N) is 3. The second-order valence-corrected chi connectivity index (χ2v) is 8.10. The lowest BCUT2D eigenvalue weighted by molar-refractivity contribution is -0.385. The number of nitro groups is 1. The van der Waals surface area contributed by atoms with Crippen molar-refractivity contribution in [3.8, 4) is 5.75 Å². The minimum Gasteiger partial charge on any atom is -0.497 e. The van der Waals surface area contributed by atoms with Crippen molar-refractivity contribution in [2.45, 2.75) is 32.4 Å². The fraction of sp³-hybridized carbons (Fsp3) is 0.348. The molecule has 2 aromatic carbocycles. The first-order chi connectivity index (χ1) is 15.3. The topological polar surface area (TPSA) is 110 Å². The number of imide groups is 1. The predicted octanol–water partition coefficient (Wildman–Crippen LogP) is 3.03. The third kappa shape index (κ3) is 3.93. The van der Waals surface area contributed by atoms with Gasteiger partial charge in [0.15, 0.2) is 0 Å². The summed E-state index contributed by atoms with van der Waals surface area (Å²) < 4.78 is 5.18. The highest BCUT2D eigenvalue weighted by molar-refractivity contribution is 6.24. The third-order valence-corrected chi connectivity index (χ3v) is 6.10. The first kappa shape index (κ1) is 21.5. The number of carbonyl (C=O) groups is 3. The molecule has 9 heteroatoms. The molecule has 32 heavy (non-hydrogen) atoms. The van der Waals surface area contributed by atoms with Gasteiger partial charge in [-0.3, -0.25) is 29.4 Å². The van der Waals surface area contributed by atoms with E-state index in [1.165, 1.54) is 18.2 Å². The molecule has 0 N–H and O–H groups in total. The predicted molar refractivity (Wildman–Crippen MR) is 114 cm³/mol. The number of hydrogen-bond donors (Lipinski definition) is 0. The Hall–Kier alpha value is -3.75. The molecule has 4 rings (SSSR count). The van der Waals surface area contributed by atoms with Crippen LogP contribution in [0.15, 0.2) is 42.5 Å². The van der Waals surface area contributed by atoms with Crippen molar-refractivity contribution in [2.75, 3.05) is 13.7 Å². The molecule has 2 aromatic rings. The van der Waals surface area contributed by atoms with E-state index < -0.39 is 29.0 Å². The molecule has 3 amide bonds. The first-order valence-corrected chi connectivity index (χ1v) is 10.4. The lowest BCUT2D eigenvalue weighted by Gasteiger charge is -2.31. The van der Waals surface area contributed by atoms with Crippen LogP contribution >= 0.6 is 0 Å². The normalized spacial score (nSPS) is 16.0. The number of fused-ring (bicyclic) bond motifs is 1. The SMILES string of the molecule is COc1ccc(CN(C(=O)CN2C(=O)c3cccc([N+](=O)[O-])c3C2=O)C(C)C2CC2)cc1. The zero-order valence-corrected chi connectivity index (χ0v) is 17.8. The maximum Gasteiger partial charge on any atom is 0.282 e. The minimum atomic E-state index is -0.811. The summed E-state index contributed by atoms with van der Waals surface area (Å²) in [5.74, 6) is -0.799. The van der Waals surface area contributed by atoms with Crippen LogP contribution < -0.4 is 4.74 Å². The monoisotopic (exact) mass is 437 g/mol. The second-order valence-electron chi connectivity index (χ2n) is 8.10.